The Hall–Kier alpha value is -4.96. The van der Waals surface area contributed by atoms with Crippen molar-refractivity contribution in [2.45, 2.75) is 26.0 Å². The molecule has 1 aromatic heterocycles. The number of ether oxygens (including phenoxy) is 3. The fourth-order valence-corrected chi connectivity index (χ4v) is 5.78. The van der Waals surface area contributed by atoms with Crippen LogP contribution >= 0.6 is 11.3 Å². The van der Waals surface area contributed by atoms with Gasteiger partial charge in [-0.2, -0.15) is 0 Å². The third-order valence-electron chi connectivity index (χ3n) is 6.85. The summed E-state index contributed by atoms with van der Waals surface area (Å²) in [5, 5.41) is 9.08. The topological polar surface area (TPSA) is 116 Å². The molecule has 1 aliphatic heterocycles. The summed E-state index contributed by atoms with van der Waals surface area (Å²) in [6.07, 6.45) is 2.26. The summed E-state index contributed by atoms with van der Waals surface area (Å²) in [6, 6.07) is 20.5. The van der Waals surface area contributed by atoms with Crippen molar-refractivity contribution in [3.05, 3.63) is 126 Å². The van der Waals surface area contributed by atoms with Gasteiger partial charge in [0.25, 0.3) is 5.56 Å². The molecule has 0 saturated heterocycles. The maximum absolute atomic E-state index is 13.8. The highest BCUT2D eigenvalue weighted by Gasteiger charge is 2.33. The second kappa shape index (κ2) is 12.3. The number of carbonyl (C=O) groups is 2. The normalized spacial score (nSPS) is 14.6. The molecule has 0 radical (unpaired) electrons. The van der Waals surface area contributed by atoms with Crippen LogP contribution in [0.4, 0.5) is 0 Å². The van der Waals surface area contributed by atoms with Crippen LogP contribution in [0.2, 0.25) is 0 Å². The maximum Gasteiger partial charge on any atom is 0.338 e. The number of thiazole rings is 1. The van der Waals surface area contributed by atoms with E-state index in [1.165, 1.54) is 37.7 Å². The molecule has 0 fully saturated rings. The van der Waals surface area contributed by atoms with Crippen LogP contribution in [0.15, 0.2) is 93.9 Å². The lowest BCUT2D eigenvalue weighted by Crippen LogP contribution is -2.40. The van der Waals surface area contributed by atoms with E-state index in [2.05, 4.69) is 0 Å². The van der Waals surface area contributed by atoms with E-state index in [9.17, 15) is 14.4 Å². The van der Waals surface area contributed by atoms with Crippen molar-refractivity contribution in [3.8, 4) is 11.5 Å². The molecule has 214 valence electrons. The SMILES string of the molecule is CCC1=C(C(=O)OC)[C@@H](c2ccccc2)n2c(s/c(=C\c3ccc(OCc4ccc(C(=O)O)cc4)c(OC)c3)c2=O)=N1. The lowest BCUT2D eigenvalue weighted by Gasteiger charge is -2.25. The van der Waals surface area contributed by atoms with E-state index in [0.29, 0.717) is 38.5 Å². The molecule has 5 rings (SSSR count). The van der Waals surface area contributed by atoms with Crippen LogP contribution in [0.3, 0.4) is 0 Å². The molecular weight excluding hydrogens is 556 g/mol. The number of rotatable bonds is 9. The van der Waals surface area contributed by atoms with Crippen molar-refractivity contribution in [2.75, 3.05) is 14.2 Å². The molecule has 2 heterocycles. The second-order valence-corrected chi connectivity index (χ2v) is 10.4. The average Bonchev–Trinajstić information content (AvgIpc) is 3.33. The first kappa shape index (κ1) is 28.6. The Labute approximate surface area is 245 Å². The van der Waals surface area contributed by atoms with Crippen molar-refractivity contribution < 1.29 is 28.9 Å². The first-order chi connectivity index (χ1) is 20.3. The molecule has 4 aromatic rings. The number of fused-ring (bicyclic) bond motifs is 1. The Morgan fingerprint density at radius 3 is 2.40 bits per heavy atom. The van der Waals surface area contributed by atoms with Gasteiger partial charge in [-0.1, -0.05) is 66.8 Å². The highest BCUT2D eigenvalue weighted by atomic mass is 32.1. The van der Waals surface area contributed by atoms with E-state index < -0.39 is 18.0 Å². The Morgan fingerprint density at radius 1 is 1.02 bits per heavy atom. The number of methoxy groups -OCH3 is 2. The summed E-state index contributed by atoms with van der Waals surface area (Å²) in [6.45, 7) is 2.13. The van der Waals surface area contributed by atoms with Crippen LogP contribution in [-0.4, -0.2) is 35.8 Å². The van der Waals surface area contributed by atoms with Crippen molar-refractivity contribution >= 4 is 29.4 Å². The number of aromatic nitrogens is 1. The van der Waals surface area contributed by atoms with Crippen molar-refractivity contribution in [3.63, 3.8) is 0 Å². The Balaban J connectivity index is 1.51. The number of carboxylic acids is 1. The zero-order valence-electron chi connectivity index (χ0n) is 23.2. The van der Waals surface area contributed by atoms with Gasteiger partial charge in [0, 0.05) is 0 Å². The van der Waals surface area contributed by atoms with Gasteiger partial charge >= 0.3 is 11.9 Å². The highest BCUT2D eigenvalue weighted by molar-refractivity contribution is 7.07. The molecule has 1 N–H and O–H groups in total. The van der Waals surface area contributed by atoms with Gasteiger partial charge in [0.2, 0.25) is 0 Å². The molecule has 0 saturated carbocycles. The Kier molecular flexibility index (Phi) is 8.35. The minimum Gasteiger partial charge on any atom is -0.493 e. The van der Waals surface area contributed by atoms with Crippen molar-refractivity contribution in [1.82, 2.24) is 4.57 Å². The zero-order valence-corrected chi connectivity index (χ0v) is 24.0. The van der Waals surface area contributed by atoms with Gasteiger partial charge in [-0.25, -0.2) is 14.6 Å². The van der Waals surface area contributed by atoms with Gasteiger partial charge in [0.05, 0.1) is 41.6 Å². The summed E-state index contributed by atoms with van der Waals surface area (Å²) < 4.78 is 18.6. The van der Waals surface area contributed by atoms with Crippen LogP contribution in [-0.2, 0) is 16.1 Å². The number of esters is 1. The lowest BCUT2D eigenvalue weighted by atomic mass is 9.95. The fraction of sp³-hybridized carbons (Fsp3) is 0.188. The molecule has 3 aromatic carbocycles. The predicted molar refractivity (Wildman–Crippen MR) is 158 cm³/mol. The Morgan fingerprint density at radius 2 is 1.76 bits per heavy atom. The van der Waals surface area contributed by atoms with Crippen LogP contribution in [0, 0.1) is 0 Å². The molecule has 1 atom stereocenters. The third-order valence-corrected chi connectivity index (χ3v) is 7.83. The van der Waals surface area contributed by atoms with Gasteiger partial charge in [-0.3, -0.25) is 9.36 Å². The predicted octanol–water partition coefficient (Wildman–Crippen LogP) is 4.08. The molecular formula is C32H28N2O7S. The van der Waals surface area contributed by atoms with Gasteiger partial charge in [0.15, 0.2) is 16.3 Å². The number of benzene rings is 3. The number of aromatic carboxylic acids is 1. The minimum absolute atomic E-state index is 0.202. The lowest BCUT2D eigenvalue weighted by molar-refractivity contribution is -0.136. The van der Waals surface area contributed by atoms with E-state index >= 15 is 0 Å². The second-order valence-electron chi connectivity index (χ2n) is 9.40. The zero-order chi connectivity index (χ0) is 29.8. The standard InChI is InChI=1S/C32H28N2O7S/c1-4-23-27(31(38)40-3)28(21-8-6-5-7-9-21)34-29(35)26(42-32(34)33-23)17-20-12-15-24(25(16-20)39-2)41-18-19-10-13-22(14-11-19)30(36)37/h5-17,28H,4,18H2,1-3H3,(H,36,37)/b26-17-/t28-/m1/s1. The molecule has 42 heavy (non-hydrogen) atoms. The summed E-state index contributed by atoms with van der Waals surface area (Å²) in [5.41, 5.74) is 3.18. The third kappa shape index (κ3) is 5.61. The molecule has 0 bridgehead atoms. The molecule has 0 amide bonds. The summed E-state index contributed by atoms with van der Waals surface area (Å²) in [5.74, 6) is -0.533. The van der Waals surface area contributed by atoms with E-state index in [4.69, 9.17) is 24.3 Å². The van der Waals surface area contributed by atoms with Gasteiger partial charge in [-0.05, 0) is 53.5 Å². The molecule has 0 spiro atoms. The van der Waals surface area contributed by atoms with Crippen LogP contribution in [0.25, 0.3) is 6.08 Å². The number of nitrogens with zero attached hydrogens (tertiary/aromatic N) is 2. The Bertz CT molecular complexity index is 1860. The number of allylic oxidation sites excluding steroid dienone is 1. The number of hydrogen-bond acceptors (Lipinski definition) is 8. The number of carboxylic acid groups (broad SMARTS) is 1. The average molecular weight is 585 g/mol. The van der Waals surface area contributed by atoms with E-state index in [1.807, 2.05) is 43.3 Å². The first-order valence-electron chi connectivity index (χ1n) is 13.2. The molecule has 0 aliphatic carbocycles. The smallest absolute Gasteiger partial charge is 0.338 e. The molecule has 1 aliphatic rings. The highest BCUT2D eigenvalue weighted by Crippen LogP contribution is 2.32. The fourth-order valence-electron chi connectivity index (χ4n) is 4.76. The monoisotopic (exact) mass is 584 g/mol. The quantitative estimate of drug-likeness (QED) is 0.295. The van der Waals surface area contributed by atoms with E-state index in [-0.39, 0.29) is 17.7 Å². The van der Waals surface area contributed by atoms with Gasteiger partial charge in [0.1, 0.15) is 6.61 Å². The molecule has 10 heteroatoms. The van der Waals surface area contributed by atoms with Crippen molar-refractivity contribution in [1.29, 1.82) is 0 Å². The largest absolute Gasteiger partial charge is 0.493 e. The van der Waals surface area contributed by atoms with E-state index in [0.717, 1.165) is 16.7 Å². The van der Waals surface area contributed by atoms with Crippen LogP contribution in [0.5, 0.6) is 11.5 Å². The van der Waals surface area contributed by atoms with Gasteiger partial charge in [-0.15, -0.1) is 0 Å². The summed E-state index contributed by atoms with van der Waals surface area (Å²) in [7, 11) is 2.85. The summed E-state index contributed by atoms with van der Waals surface area (Å²) >= 11 is 1.25. The van der Waals surface area contributed by atoms with Crippen molar-refractivity contribution in [2.24, 2.45) is 4.99 Å². The van der Waals surface area contributed by atoms with Crippen LogP contribution in [0.1, 0.15) is 46.4 Å². The molecule has 9 nitrogen and oxygen atoms in total. The molecule has 0 unspecified atom stereocenters. The first-order valence-corrected chi connectivity index (χ1v) is 14.0. The number of carbonyl (C=O) groups excluding carboxylic acids is 1. The van der Waals surface area contributed by atoms with Crippen LogP contribution < -0.4 is 24.4 Å². The van der Waals surface area contributed by atoms with E-state index in [1.54, 1.807) is 34.9 Å². The minimum atomic E-state index is -0.988. The maximum atomic E-state index is 13.8. The summed E-state index contributed by atoms with van der Waals surface area (Å²) in [4.78, 5) is 43.0. The van der Waals surface area contributed by atoms with Gasteiger partial charge < -0.3 is 19.3 Å². The number of hydrogen-bond donors (Lipinski definition) is 1.